The average molecular weight is 481 g/mol. The van der Waals surface area contributed by atoms with Crippen molar-refractivity contribution in [1.82, 2.24) is 9.62 Å². The zero-order valence-corrected chi connectivity index (χ0v) is 20.6. The second-order valence-corrected chi connectivity index (χ2v) is 11.0. The van der Waals surface area contributed by atoms with Crippen LogP contribution in [0.4, 0.5) is 0 Å². The molecule has 0 bridgehead atoms. The van der Waals surface area contributed by atoms with Gasteiger partial charge in [-0.05, 0) is 69.7 Å². The van der Waals surface area contributed by atoms with Crippen LogP contribution in [0.3, 0.4) is 0 Å². The Bertz CT molecular complexity index is 909. The molecule has 1 aromatic rings. The van der Waals surface area contributed by atoms with Gasteiger partial charge in [-0.1, -0.05) is 19.8 Å². The first-order valence-corrected chi connectivity index (χ1v) is 13.4. The van der Waals surface area contributed by atoms with Crippen LogP contribution >= 0.6 is 0 Å². The van der Waals surface area contributed by atoms with Gasteiger partial charge >= 0.3 is 5.97 Å². The van der Waals surface area contributed by atoms with Gasteiger partial charge in [0.1, 0.15) is 5.75 Å². The van der Waals surface area contributed by atoms with Crippen molar-refractivity contribution >= 4 is 21.9 Å². The number of carbonyl (C=O) groups is 2. The van der Waals surface area contributed by atoms with Crippen molar-refractivity contribution in [3.05, 3.63) is 24.3 Å². The molecule has 1 saturated carbocycles. The van der Waals surface area contributed by atoms with Gasteiger partial charge in [-0.25, -0.2) is 8.42 Å². The second-order valence-electron chi connectivity index (χ2n) is 9.04. The van der Waals surface area contributed by atoms with Gasteiger partial charge in [-0.15, -0.1) is 0 Å². The van der Waals surface area contributed by atoms with Gasteiger partial charge in [0.05, 0.1) is 17.4 Å². The van der Waals surface area contributed by atoms with Gasteiger partial charge in [0.2, 0.25) is 10.0 Å². The summed E-state index contributed by atoms with van der Waals surface area (Å²) in [5.74, 6) is -0.0769. The Morgan fingerprint density at radius 3 is 2.33 bits per heavy atom. The molecule has 2 aliphatic rings. The van der Waals surface area contributed by atoms with Crippen LogP contribution in [0.5, 0.6) is 5.75 Å². The molecule has 3 rings (SSSR count). The first-order chi connectivity index (χ1) is 15.7. The van der Waals surface area contributed by atoms with Crippen LogP contribution in [0.1, 0.15) is 59.3 Å². The van der Waals surface area contributed by atoms with E-state index in [-0.39, 0.29) is 29.9 Å². The third-order valence-corrected chi connectivity index (χ3v) is 8.57. The number of piperidine rings is 1. The molecular formula is C24H36N2O6S. The van der Waals surface area contributed by atoms with Crippen molar-refractivity contribution in [2.45, 2.75) is 76.3 Å². The first-order valence-electron chi connectivity index (χ1n) is 12.0. The minimum Gasteiger partial charge on any atom is -0.494 e. The topological polar surface area (TPSA) is 102 Å². The minimum absolute atomic E-state index is 0.128. The summed E-state index contributed by atoms with van der Waals surface area (Å²) in [6.45, 7) is 6.56. The fourth-order valence-corrected chi connectivity index (χ4v) is 5.98. The van der Waals surface area contributed by atoms with Crippen LogP contribution < -0.4 is 10.1 Å². The molecule has 0 spiro atoms. The van der Waals surface area contributed by atoms with E-state index in [4.69, 9.17) is 9.47 Å². The van der Waals surface area contributed by atoms with Crippen LogP contribution in [-0.4, -0.2) is 56.4 Å². The zero-order valence-electron chi connectivity index (χ0n) is 19.8. The normalized spacial score (nSPS) is 23.5. The number of amides is 1. The molecule has 2 fully saturated rings. The number of hydrogen-bond acceptors (Lipinski definition) is 6. The molecule has 184 valence electrons. The number of sulfonamides is 1. The maximum atomic E-state index is 12.9. The van der Waals surface area contributed by atoms with Crippen molar-refractivity contribution in [2.75, 3.05) is 19.7 Å². The molecule has 8 nitrogen and oxygen atoms in total. The highest BCUT2D eigenvalue weighted by Crippen LogP contribution is 2.27. The highest BCUT2D eigenvalue weighted by atomic mass is 32.2. The van der Waals surface area contributed by atoms with E-state index in [1.807, 2.05) is 6.92 Å². The smallest absolute Gasteiger partial charge is 0.309 e. The summed E-state index contributed by atoms with van der Waals surface area (Å²) >= 11 is 0. The lowest BCUT2D eigenvalue weighted by Gasteiger charge is -2.32. The molecule has 9 heteroatoms. The zero-order chi connectivity index (χ0) is 24.0. The Balaban J connectivity index is 1.49. The van der Waals surface area contributed by atoms with Gasteiger partial charge in [0.15, 0.2) is 6.10 Å². The standard InChI is InChI=1S/C24H36N2O6S/c1-4-31-20-9-11-21(12-10-20)33(29,30)26-15-13-19(14-16-26)24(28)32-18(3)23(27)25-22-8-6-5-7-17(22)2/h9-12,17-19,22H,4-8,13-16H2,1-3H3,(H,25,27)/t17-,18-,22+/m1/s1. The lowest BCUT2D eigenvalue weighted by Crippen LogP contribution is -2.47. The van der Waals surface area contributed by atoms with Crippen molar-refractivity contribution in [2.24, 2.45) is 11.8 Å². The molecule has 1 N–H and O–H groups in total. The van der Waals surface area contributed by atoms with Crippen LogP contribution in [0.2, 0.25) is 0 Å². The number of rotatable bonds is 8. The molecule has 1 amide bonds. The van der Waals surface area contributed by atoms with Crippen molar-refractivity contribution in [1.29, 1.82) is 0 Å². The fraction of sp³-hybridized carbons (Fsp3) is 0.667. The molecule has 1 aliphatic carbocycles. The van der Waals surface area contributed by atoms with Crippen LogP contribution in [0.15, 0.2) is 29.2 Å². The first kappa shape index (κ1) is 25.5. The van der Waals surface area contributed by atoms with E-state index in [1.54, 1.807) is 19.1 Å². The third-order valence-electron chi connectivity index (χ3n) is 6.66. The predicted octanol–water partition coefficient (Wildman–Crippen LogP) is 3.11. The van der Waals surface area contributed by atoms with Gasteiger partial charge in [0.25, 0.3) is 5.91 Å². The number of esters is 1. The molecule has 3 atom stereocenters. The highest BCUT2D eigenvalue weighted by Gasteiger charge is 2.34. The van der Waals surface area contributed by atoms with Gasteiger partial charge in [0, 0.05) is 19.1 Å². The summed E-state index contributed by atoms with van der Waals surface area (Å²) < 4.78 is 38.1. The SMILES string of the molecule is CCOc1ccc(S(=O)(=O)N2CCC(C(=O)O[C@H](C)C(=O)N[C@H]3CCCC[C@H]3C)CC2)cc1. The second kappa shape index (κ2) is 11.3. The van der Waals surface area contributed by atoms with E-state index >= 15 is 0 Å². The molecule has 1 aliphatic heterocycles. The monoisotopic (exact) mass is 480 g/mol. The van der Waals surface area contributed by atoms with E-state index in [0.717, 1.165) is 19.3 Å². The summed E-state index contributed by atoms with van der Waals surface area (Å²) in [5, 5.41) is 3.02. The lowest BCUT2D eigenvalue weighted by atomic mass is 9.86. The number of hydrogen-bond donors (Lipinski definition) is 1. The summed E-state index contributed by atoms with van der Waals surface area (Å²) in [6.07, 6.45) is 4.20. The average Bonchev–Trinajstić information content (AvgIpc) is 2.81. The van der Waals surface area contributed by atoms with Gasteiger partial charge < -0.3 is 14.8 Å². The third kappa shape index (κ3) is 6.47. The summed E-state index contributed by atoms with van der Waals surface area (Å²) in [7, 11) is -3.64. The predicted molar refractivity (Wildman–Crippen MR) is 124 cm³/mol. The summed E-state index contributed by atoms with van der Waals surface area (Å²) in [4.78, 5) is 25.3. The molecule has 1 aromatic carbocycles. The molecular weight excluding hydrogens is 444 g/mol. The van der Waals surface area contributed by atoms with E-state index in [1.165, 1.54) is 22.9 Å². The van der Waals surface area contributed by atoms with Crippen LogP contribution in [-0.2, 0) is 24.3 Å². The lowest BCUT2D eigenvalue weighted by molar-refractivity contribution is -0.160. The Hall–Kier alpha value is -2.13. The number of nitrogens with one attached hydrogen (secondary N) is 1. The van der Waals surface area contributed by atoms with Crippen molar-refractivity contribution in [3.8, 4) is 5.75 Å². The highest BCUT2D eigenvalue weighted by molar-refractivity contribution is 7.89. The van der Waals surface area contributed by atoms with E-state index in [0.29, 0.717) is 31.1 Å². The number of nitrogens with zero attached hydrogens (tertiary/aromatic N) is 1. The quantitative estimate of drug-likeness (QED) is 0.574. The van der Waals surface area contributed by atoms with Gasteiger partial charge in [-0.3, -0.25) is 9.59 Å². The molecule has 1 heterocycles. The van der Waals surface area contributed by atoms with E-state index in [2.05, 4.69) is 12.2 Å². The maximum Gasteiger partial charge on any atom is 0.309 e. The molecule has 0 unspecified atom stereocenters. The molecule has 0 radical (unpaired) electrons. The Morgan fingerprint density at radius 1 is 1.09 bits per heavy atom. The fourth-order valence-electron chi connectivity index (χ4n) is 4.51. The number of carbonyl (C=O) groups excluding carboxylic acids is 2. The minimum atomic E-state index is -3.64. The Labute approximate surface area is 197 Å². The number of ether oxygens (including phenoxy) is 2. The van der Waals surface area contributed by atoms with Crippen molar-refractivity contribution < 1.29 is 27.5 Å². The molecule has 0 aromatic heterocycles. The number of benzene rings is 1. The van der Waals surface area contributed by atoms with E-state index in [9.17, 15) is 18.0 Å². The maximum absolute atomic E-state index is 12.9. The summed E-state index contributed by atoms with van der Waals surface area (Å²) in [6, 6.07) is 6.48. The van der Waals surface area contributed by atoms with E-state index < -0.39 is 28.0 Å². The van der Waals surface area contributed by atoms with Crippen LogP contribution in [0.25, 0.3) is 0 Å². The van der Waals surface area contributed by atoms with Gasteiger partial charge in [-0.2, -0.15) is 4.31 Å². The largest absolute Gasteiger partial charge is 0.494 e. The molecule has 33 heavy (non-hydrogen) atoms. The Morgan fingerprint density at radius 2 is 1.73 bits per heavy atom. The van der Waals surface area contributed by atoms with Crippen LogP contribution in [0, 0.1) is 11.8 Å². The summed E-state index contributed by atoms with van der Waals surface area (Å²) in [5.41, 5.74) is 0. The molecule has 1 saturated heterocycles. The van der Waals surface area contributed by atoms with Crippen molar-refractivity contribution in [3.63, 3.8) is 0 Å². The Kier molecular flexibility index (Phi) is 8.75.